The zero-order valence-corrected chi connectivity index (χ0v) is 13.8. The minimum absolute atomic E-state index is 0.417. The van der Waals surface area contributed by atoms with Gasteiger partial charge in [0, 0.05) is 0 Å². The van der Waals surface area contributed by atoms with Crippen LogP contribution in [0.1, 0.15) is 60.9 Å². The molecule has 0 radical (unpaired) electrons. The number of aromatic carboxylic acids is 1. The molecule has 0 saturated heterocycles. The van der Waals surface area contributed by atoms with Gasteiger partial charge in [-0.25, -0.2) is 9.78 Å². The Hall–Kier alpha value is -0.940. The van der Waals surface area contributed by atoms with Crippen molar-refractivity contribution < 1.29 is 9.90 Å². The summed E-state index contributed by atoms with van der Waals surface area (Å²) in [6, 6.07) is 0. The molecule has 1 rings (SSSR count). The van der Waals surface area contributed by atoms with Crippen molar-refractivity contribution in [3.63, 3.8) is 0 Å². The van der Waals surface area contributed by atoms with Crippen LogP contribution in [-0.2, 0) is 13.0 Å². The summed E-state index contributed by atoms with van der Waals surface area (Å²) in [6.45, 7) is 11.3. The van der Waals surface area contributed by atoms with E-state index < -0.39 is 5.97 Å². The van der Waals surface area contributed by atoms with Crippen LogP contribution in [0.3, 0.4) is 0 Å². The highest BCUT2D eigenvalue weighted by atomic mass is 32.1. The average Bonchev–Trinajstić information content (AvgIpc) is 2.76. The van der Waals surface area contributed by atoms with Crippen molar-refractivity contribution in [1.82, 2.24) is 9.88 Å². The molecular weight excluding hydrogens is 272 g/mol. The first-order valence-electron chi connectivity index (χ1n) is 7.42. The van der Waals surface area contributed by atoms with Gasteiger partial charge in [-0.05, 0) is 31.8 Å². The average molecular weight is 298 g/mol. The minimum atomic E-state index is -0.846. The van der Waals surface area contributed by atoms with Crippen molar-refractivity contribution in [2.75, 3.05) is 13.1 Å². The Morgan fingerprint density at radius 3 is 2.60 bits per heavy atom. The molecule has 1 N–H and O–H groups in total. The molecule has 114 valence electrons. The monoisotopic (exact) mass is 298 g/mol. The Kier molecular flexibility index (Phi) is 7.16. The second-order valence-electron chi connectivity index (χ2n) is 5.51. The fraction of sp³-hybridized carbons (Fsp3) is 0.733. The smallest absolute Gasteiger partial charge is 0.347 e. The quantitative estimate of drug-likeness (QED) is 0.756. The maximum atomic E-state index is 11.3. The van der Waals surface area contributed by atoms with Crippen LogP contribution in [0.2, 0.25) is 0 Å². The van der Waals surface area contributed by atoms with Crippen LogP contribution in [0.15, 0.2) is 0 Å². The van der Waals surface area contributed by atoms with Crippen LogP contribution in [0.4, 0.5) is 0 Å². The molecule has 0 fully saturated rings. The Balaban J connectivity index is 2.82. The molecule has 0 amide bonds. The maximum Gasteiger partial charge on any atom is 0.347 e. The van der Waals surface area contributed by atoms with Gasteiger partial charge in [0.1, 0.15) is 9.88 Å². The van der Waals surface area contributed by atoms with Crippen molar-refractivity contribution in [2.45, 2.75) is 53.5 Å². The molecule has 1 heterocycles. The normalized spacial score (nSPS) is 11.5. The SMILES string of the molecule is CCCCN(CC)Cc1nc(CC(C)C)c(C(=O)O)s1. The largest absolute Gasteiger partial charge is 0.477 e. The van der Waals surface area contributed by atoms with E-state index in [0.29, 0.717) is 10.8 Å². The zero-order valence-electron chi connectivity index (χ0n) is 13.0. The first-order valence-corrected chi connectivity index (χ1v) is 8.23. The molecule has 4 nitrogen and oxygen atoms in total. The fourth-order valence-corrected chi connectivity index (χ4v) is 3.06. The number of carboxylic acid groups (broad SMARTS) is 1. The predicted molar refractivity (Wildman–Crippen MR) is 83.5 cm³/mol. The summed E-state index contributed by atoms with van der Waals surface area (Å²) in [5, 5.41) is 10.2. The summed E-state index contributed by atoms with van der Waals surface area (Å²) in [5.74, 6) is -0.425. The molecule has 0 saturated carbocycles. The lowest BCUT2D eigenvalue weighted by Gasteiger charge is -2.18. The number of hydrogen-bond donors (Lipinski definition) is 1. The van der Waals surface area contributed by atoms with Crippen LogP contribution in [0, 0.1) is 5.92 Å². The fourth-order valence-electron chi connectivity index (χ4n) is 2.08. The van der Waals surface area contributed by atoms with Gasteiger partial charge in [-0.1, -0.05) is 34.1 Å². The minimum Gasteiger partial charge on any atom is -0.477 e. The molecule has 0 aliphatic carbocycles. The van der Waals surface area contributed by atoms with Crippen LogP contribution < -0.4 is 0 Å². The first kappa shape index (κ1) is 17.1. The standard InChI is InChI=1S/C15H26N2O2S/c1-5-7-8-17(6-2)10-13-16-12(9-11(3)4)14(20-13)15(18)19/h11H,5-10H2,1-4H3,(H,18,19). The van der Waals surface area contributed by atoms with E-state index in [1.807, 2.05) is 0 Å². The molecular formula is C15H26N2O2S. The first-order chi connectivity index (χ1) is 9.47. The number of nitrogens with zero attached hydrogens (tertiary/aromatic N) is 2. The summed E-state index contributed by atoms with van der Waals surface area (Å²) >= 11 is 1.33. The maximum absolute atomic E-state index is 11.3. The van der Waals surface area contributed by atoms with Crippen molar-refractivity contribution >= 4 is 17.3 Å². The van der Waals surface area contributed by atoms with E-state index in [1.165, 1.54) is 24.2 Å². The highest BCUT2D eigenvalue weighted by Gasteiger charge is 2.19. The molecule has 0 unspecified atom stereocenters. The molecule has 1 aromatic rings. The molecule has 1 aromatic heterocycles. The Bertz CT molecular complexity index is 430. The number of unbranched alkanes of at least 4 members (excludes halogenated alkanes) is 1. The van der Waals surface area contributed by atoms with Gasteiger partial charge >= 0.3 is 5.97 Å². The number of rotatable bonds is 9. The van der Waals surface area contributed by atoms with E-state index in [-0.39, 0.29) is 0 Å². The molecule has 0 spiro atoms. The van der Waals surface area contributed by atoms with Gasteiger partial charge in [0.15, 0.2) is 0 Å². The molecule has 20 heavy (non-hydrogen) atoms. The second kappa shape index (κ2) is 8.37. The third-order valence-electron chi connectivity index (χ3n) is 3.17. The zero-order chi connectivity index (χ0) is 15.1. The van der Waals surface area contributed by atoms with Gasteiger partial charge in [0.25, 0.3) is 0 Å². The van der Waals surface area contributed by atoms with Crippen LogP contribution >= 0.6 is 11.3 Å². The highest BCUT2D eigenvalue weighted by molar-refractivity contribution is 7.13. The van der Waals surface area contributed by atoms with Gasteiger partial charge in [0.05, 0.1) is 12.2 Å². The van der Waals surface area contributed by atoms with E-state index in [2.05, 4.69) is 37.6 Å². The van der Waals surface area contributed by atoms with Gasteiger partial charge in [-0.3, -0.25) is 4.90 Å². The topological polar surface area (TPSA) is 53.4 Å². The Labute approximate surface area is 125 Å². The van der Waals surface area contributed by atoms with Crippen molar-refractivity contribution in [3.8, 4) is 0 Å². The third-order valence-corrected chi connectivity index (χ3v) is 4.24. The van der Waals surface area contributed by atoms with E-state index in [0.717, 1.165) is 36.8 Å². The molecule has 0 aromatic carbocycles. The molecule has 0 aliphatic heterocycles. The number of hydrogen-bond acceptors (Lipinski definition) is 4. The number of aromatic nitrogens is 1. The highest BCUT2D eigenvalue weighted by Crippen LogP contribution is 2.22. The van der Waals surface area contributed by atoms with Crippen molar-refractivity contribution in [2.24, 2.45) is 5.92 Å². The van der Waals surface area contributed by atoms with Gasteiger partial charge in [-0.2, -0.15) is 0 Å². The number of carbonyl (C=O) groups is 1. The summed E-state index contributed by atoms with van der Waals surface area (Å²) in [4.78, 5) is 18.6. The molecule has 0 atom stereocenters. The lowest BCUT2D eigenvalue weighted by Crippen LogP contribution is -2.23. The Morgan fingerprint density at radius 1 is 1.40 bits per heavy atom. The van der Waals surface area contributed by atoms with Gasteiger partial charge in [-0.15, -0.1) is 11.3 Å². The molecule has 5 heteroatoms. The summed E-state index contributed by atoms with van der Waals surface area (Å²) in [7, 11) is 0. The molecule has 0 bridgehead atoms. The number of carboxylic acids is 1. The van der Waals surface area contributed by atoms with Crippen LogP contribution in [0.5, 0.6) is 0 Å². The summed E-state index contributed by atoms with van der Waals surface area (Å²) < 4.78 is 0. The predicted octanol–water partition coefficient (Wildman–Crippen LogP) is 3.66. The molecule has 0 aliphatic rings. The number of thiazole rings is 1. The second-order valence-corrected chi connectivity index (χ2v) is 6.59. The summed E-state index contributed by atoms with van der Waals surface area (Å²) in [5.41, 5.74) is 0.749. The van der Waals surface area contributed by atoms with E-state index in [4.69, 9.17) is 0 Å². The van der Waals surface area contributed by atoms with Crippen molar-refractivity contribution in [3.05, 3.63) is 15.6 Å². The lowest BCUT2D eigenvalue weighted by atomic mass is 10.1. The lowest BCUT2D eigenvalue weighted by molar-refractivity contribution is 0.0700. The van der Waals surface area contributed by atoms with E-state index in [9.17, 15) is 9.90 Å². The third kappa shape index (κ3) is 5.21. The van der Waals surface area contributed by atoms with E-state index >= 15 is 0 Å². The van der Waals surface area contributed by atoms with E-state index in [1.54, 1.807) is 0 Å². The van der Waals surface area contributed by atoms with Gasteiger partial charge < -0.3 is 5.11 Å². The van der Waals surface area contributed by atoms with Crippen molar-refractivity contribution in [1.29, 1.82) is 0 Å². The van der Waals surface area contributed by atoms with Crippen LogP contribution in [-0.4, -0.2) is 34.0 Å². The Morgan fingerprint density at radius 2 is 2.10 bits per heavy atom. The summed E-state index contributed by atoms with van der Waals surface area (Å²) in [6.07, 6.45) is 3.08. The van der Waals surface area contributed by atoms with Crippen LogP contribution in [0.25, 0.3) is 0 Å². The van der Waals surface area contributed by atoms with Gasteiger partial charge in [0.2, 0.25) is 0 Å².